The van der Waals surface area contributed by atoms with Crippen LogP contribution in [0.1, 0.15) is 19.8 Å². The SMILES string of the molecule is CC(CN1CCCC1)Nc1ccc(N)cc1I. The number of likely N-dealkylation sites (tertiary alicyclic amines) is 1. The van der Waals surface area contributed by atoms with Crippen molar-refractivity contribution in [2.24, 2.45) is 0 Å². The highest BCUT2D eigenvalue weighted by atomic mass is 127. The molecule has 1 aliphatic rings. The standard InChI is InChI=1S/C13H20IN3/c1-10(9-17-6-2-3-7-17)16-13-5-4-11(15)8-12(13)14/h4-5,8,10,16H,2-3,6-7,9,15H2,1H3. The van der Waals surface area contributed by atoms with Crippen molar-refractivity contribution >= 4 is 34.0 Å². The molecule has 0 aromatic heterocycles. The summed E-state index contributed by atoms with van der Waals surface area (Å²) in [6, 6.07) is 6.50. The molecule has 3 N–H and O–H groups in total. The van der Waals surface area contributed by atoms with E-state index < -0.39 is 0 Å². The van der Waals surface area contributed by atoms with E-state index >= 15 is 0 Å². The first-order valence-electron chi connectivity index (χ1n) is 6.19. The summed E-state index contributed by atoms with van der Waals surface area (Å²) in [6.07, 6.45) is 2.71. The molecule has 0 amide bonds. The second-order valence-electron chi connectivity index (χ2n) is 4.79. The minimum atomic E-state index is 0.477. The van der Waals surface area contributed by atoms with Gasteiger partial charge in [-0.3, -0.25) is 0 Å². The molecule has 1 fully saturated rings. The van der Waals surface area contributed by atoms with E-state index in [1.807, 2.05) is 12.1 Å². The average molecular weight is 345 g/mol. The quantitative estimate of drug-likeness (QED) is 0.651. The number of hydrogen-bond donors (Lipinski definition) is 2. The molecule has 1 unspecified atom stereocenters. The van der Waals surface area contributed by atoms with Crippen LogP contribution < -0.4 is 11.1 Å². The minimum Gasteiger partial charge on any atom is -0.399 e. The largest absolute Gasteiger partial charge is 0.399 e. The van der Waals surface area contributed by atoms with Gasteiger partial charge >= 0.3 is 0 Å². The predicted molar refractivity (Wildman–Crippen MR) is 82.3 cm³/mol. The number of halogens is 1. The third-order valence-electron chi connectivity index (χ3n) is 3.13. The maximum Gasteiger partial charge on any atom is 0.0479 e. The number of hydrogen-bond acceptors (Lipinski definition) is 3. The lowest BCUT2D eigenvalue weighted by Gasteiger charge is -2.22. The van der Waals surface area contributed by atoms with Gasteiger partial charge in [0.15, 0.2) is 0 Å². The Bertz CT molecular complexity index is 375. The van der Waals surface area contributed by atoms with Crippen LogP contribution >= 0.6 is 22.6 Å². The summed E-state index contributed by atoms with van der Waals surface area (Å²) in [4.78, 5) is 2.53. The van der Waals surface area contributed by atoms with Gasteiger partial charge in [0.1, 0.15) is 0 Å². The normalized spacial score (nSPS) is 18.2. The lowest BCUT2D eigenvalue weighted by Crippen LogP contribution is -2.33. The van der Waals surface area contributed by atoms with Gasteiger partial charge in [-0.25, -0.2) is 0 Å². The molecule has 0 aliphatic carbocycles. The molecule has 3 nitrogen and oxygen atoms in total. The van der Waals surface area contributed by atoms with E-state index in [1.54, 1.807) is 0 Å². The van der Waals surface area contributed by atoms with E-state index in [4.69, 9.17) is 5.73 Å². The summed E-state index contributed by atoms with van der Waals surface area (Å²) in [7, 11) is 0. The third-order valence-corrected chi connectivity index (χ3v) is 4.02. The molecule has 0 bridgehead atoms. The van der Waals surface area contributed by atoms with Gasteiger partial charge in [-0.05, 0) is 73.6 Å². The lowest BCUT2D eigenvalue weighted by atomic mass is 10.2. The van der Waals surface area contributed by atoms with Crippen molar-refractivity contribution in [2.45, 2.75) is 25.8 Å². The fourth-order valence-corrected chi connectivity index (χ4v) is 3.01. The van der Waals surface area contributed by atoms with E-state index in [0.29, 0.717) is 6.04 Å². The van der Waals surface area contributed by atoms with Gasteiger partial charge in [-0.2, -0.15) is 0 Å². The molecule has 1 aromatic rings. The maximum absolute atomic E-state index is 5.75. The summed E-state index contributed by atoms with van der Waals surface area (Å²) in [5.74, 6) is 0. The summed E-state index contributed by atoms with van der Waals surface area (Å²) in [6.45, 7) is 5.88. The maximum atomic E-state index is 5.75. The molecule has 1 saturated heterocycles. The third kappa shape index (κ3) is 3.74. The molecule has 1 aromatic carbocycles. The van der Waals surface area contributed by atoms with Crippen LogP contribution in [-0.2, 0) is 0 Å². The summed E-state index contributed by atoms with van der Waals surface area (Å²) in [5.41, 5.74) is 7.76. The van der Waals surface area contributed by atoms with Crippen LogP contribution in [0.4, 0.5) is 11.4 Å². The second kappa shape index (κ2) is 5.91. The molecular formula is C13H20IN3. The van der Waals surface area contributed by atoms with Crippen LogP contribution in [0.5, 0.6) is 0 Å². The Morgan fingerprint density at radius 2 is 2.12 bits per heavy atom. The highest BCUT2D eigenvalue weighted by molar-refractivity contribution is 14.1. The molecule has 2 rings (SSSR count). The van der Waals surface area contributed by atoms with Gasteiger partial charge in [-0.15, -0.1) is 0 Å². The number of nitrogen functional groups attached to an aromatic ring is 1. The first kappa shape index (κ1) is 13.0. The van der Waals surface area contributed by atoms with Crippen molar-refractivity contribution in [2.75, 3.05) is 30.7 Å². The van der Waals surface area contributed by atoms with Crippen LogP contribution in [0.25, 0.3) is 0 Å². The van der Waals surface area contributed by atoms with Crippen molar-refractivity contribution < 1.29 is 0 Å². The number of nitrogens with two attached hydrogens (primary N) is 1. The van der Waals surface area contributed by atoms with E-state index in [-0.39, 0.29) is 0 Å². The zero-order chi connectivity index (χ0) is 12.3. The Balaban J connectivity index is 1.90. The summed E-state index contributed by atoms with van der Waals surface area (Å²) in [5, 5.41) is 3.56. The Morgan fingerprint density at radius 1 is 1.41 bits per heavy atom. The number of benzene rings is 1. The van der Waals surface area contributed by atoms with E-state index in [9.17, 15) is 0 Å². The van der Waals surface area contributed by atoms with Gasteiger partial charge in [0.2, 0.25) is 0 Å². The van der Waals surface area contributed by atoms with Crippen LogP contribution in [0, 0.1) is 3.57 Å². The number of nitrogens with zero attached hydrogens (tertiary/aromatic N) is 1. The molecule has 0 radical (unpaired) electrons. The number of nitrogens with one attached hydrogen (secondary N) is 1. The first-order valence-corrected chi connectivity index (χ1v) is 7.27. The van der Waals surface area contributed by atoms with Crippen molar-refractivity contribution in [3.8, 4) is 0 Å². The fourth-order valence-electron chi connectivity index (χ4n) is 2.31. The number of anilines is 2. The minimum absolute atomic E-state index is 0.477. The van der Waals surface area contributed by atoms with Crippen LogP contribution in [0.3, 0.4) is 0 Å². The van der Waals surface area contributed by atoms with Gasteiger partial charge in [-0.1, -0.05) is 0 Å². The first-order chi connectivity index (χ1) is 8.15. The van der Waals surface area contributed by atoms with Crippen molar-refractivity contribution in [3.05, 3.63) is 21.8 Å². The molecule has 94 valence electrons. The van der Waals surface area contributed by atoms with Gasteiger partial charge in [0.05, 0.1) is 0 Å². The van der Waals surface area contributed by atoms with Gasteiger partial charge in [0, 0.05) is 27.5 Å². The second-order valence-corrected chi connectivity index (χ2v) is 5.95. The predicted octanol–water partition coefficient (Wildman–Crippen LogP) is 2.77. The Labute approximate surface area is 117 Å². The van der Waals surface area contributed by atoms with Gasteiger partial charge in [0.25, 0.3) is 0 Å². The molecule has 0 saturated carbocycles. The molecule has 0 spiro atoms. The average Bonchev–Trinajstić information content (AvgIpc) is 2.75. The van der Waals surface area contributed by atoms with E-state index in [0.717, 1.165) is 12.2 Å². The molecule has 1 aliphatic heterocycles. The molecule has 17 heavy (non-hydrogen) atoms. The lowest BCUT2D eigenvalue weighted by molar-refractivity contribution is 0.328. The van der Waals surface area contributed by atoms with E-state index in [1.165, 1.54) is 35.2 Å². The zero-order valence-corrected chi connectivity index (χ0v) is 12.4. The number of rotatable bonds is 4. The highest BCUT2D eigenvalue weighted by Gasteiger charge is 2.14. The van der Waals surface area contributed by atoms with Crippen LogP contribution in [0.2, 0.25) is 0 Å². The smallest absolute Gasteiger partial charge is 0.0479 e. The molecular weight excluding hydrogens is 325 g/mol. The van der Waals surface area contributed by atoms with E-state index in [2.05, 4.69) is 45.8 Å². The van der Waals surface area contributed by atoms with Gasteiger partial charge < -0.3 is 16.0 Å². The zero-order valence-electron chi connectivity index (χ0n) is 10.2. The summed E-state index contributed by atoms with van der Waals surface area (Å²) < 4.78 is 1.19. The summed E-state index contributed by atoms with van der Waals surface area (Å²) >= 11 is 2.33. The van der Waals surface area contributed by atoms with Crippen molar-refractivity contribution in [1.29, 1.82) is 0 Å². The van der Waals surface area contributed by atoms with Crippen molar-refractivity contribution in [3.63, 3.8) is 0 Å². The Kier molecular flexibility index (Phi) is 4.50. The Hall–Kier alpha value is -0.490. The highest BCUT2D eigenvalue weighted by Crippen LogP contribution is 2.21. The molecule has 1 heterocycles. The molecule has 1 atom stereocenters. The van der Waals surface area contributed by atoms with Crippen molar-refractivity contribution in [1.82, 2.24) is 4.90 Å². The topological polar surface area (TPSA) is 41.3 Å². The van der Waals surface area contributed by atoms with Crippen LogP contribution in [-0.4, -0.2) is 30.6 Å². The van der Waals surface area contributed by atoms with Crippen LogP contribution in [0.15, 0.2) is 18.2 Å². The monoisotopic (exact) mass is 345 g/mol. The fraction of sp³-hybridized carbons (Fsp3) is 0.538. The Morgan fingerprint density at radius 3 is 2.76 bits per heavy atom. The molecule has 4 heteroatoms.